The number of rotatable bonds is 4. The van der Waals surface area contributed by atoms with E-state index in [2.05, 4.69) is 11.1 Å². The predicted octanol–water partition coefficient (Wildman–Crippen LogP) is 2.83. The Bertz CT molecular complexity index is 582. The van der Waals surface area contributed by atoms with Crippen LogP contribution < -0.4 is 0 Å². The minimum Gasteiger partial charge on any atom is -0.349 e. The van der Waals surface area contributed by atoms with Gasteiger partial charge in [-0.25, -0.2) is 0 Å². The second kappa shape index (κ2) is 4.41. The van der Waals surface area contributed by atoms with Gasteiger partial charge in [-0.1, -0.05) is 6.07 Å². The third-order valence-electron chi connectivity index (χ3n) is 3.28. The van der Waals surface area contributed by atoms with Crippen LogP contribution in [0.3, 0.4) is 0 Å². The molecule has 0 spiro atoms. The topological polar surface area (TPSA) is 34.9 Å². The minimum atomic E-state index is 0.293. The van der Waals surface area contributed by atoms with Crippen LogP contribution in [0.2, 0.25) is 0 Å². The summed E-state index contributed by atoms with van der Waals surface area (Å²) in [5.74, 6) is 0.595. The van der Waals surface area contributed by atoms with Crippen LogP contribution in [0.4, 0.5) is 0 Å². The Balaban J connectivity index is 1.75. The first-order chi connectivity index (χ1) is 8.72. The molecule has 0 atom stereocenters. The van der Waals surface area contributed by atoms with E-state index in [1.165, 1.54) is 0 Å². The first kappa shape index (κ1) is 11.2. The fourth-order valence-corrected chi connectivity index (χ4v) is 2.18. The maximum atomic E-state index is 11.9. The summed E-state index contributed by atoms with van der Waals surface area (Å²) in [4.78, 5) is 16.1. The molecular formula is C15H16N2O. The monoisotopic (exact) mass is 240 g/mol. The van der Waals surface area contributed by atoms with E-state index in [1.54, 1.807) is 0 Å². The zero-order valence-electron chi connectivity index (χ0n) is 10.5. The zero-order valence-corrected chi connectivity index (χ0v) is 10.5. The molecule has 1 fully saturated rings. The van der Waals surface area contributed by atoms with E-state index in [1.807, 2.05) is 42.3 Å². The SMILES string of the molecule is Cc1cncc(Cn2ccc(C(=O)C3CC3)c2)c1. The van der Waals surface area contributed by atoms with Crippen LogP contribution in [0.5, 0.6) is 0 Å². The van der Waals surface area contributed by atoms with Gasteiger partial charge in [0.25, 0.3) is 0 Å². The van der Waals surface area contributed by atoms with Crippen molar-refractivity contribution in [3.8, 4) is 0 Å². The average Bonchev–Trinajstić information content (AvgIpc) is 3.09. The Labute approximate surface area is 106 Å². The molecule has 92 valence electrons. The molecule has 3 heteroatoms. The minimum absolute atomic E-state index is 0.293. The molecule has 3 nitrogen and oxygen atoms in total. The number of ketones is 1. The summed E-state index contributed by atoms with van der Waals surface area (Å²) in [5.41, 5.74) is 3.17. The summed E-state index contributed by atoms with van der Waals surface area (Å²) in [6, 6.07) is 4.04. The molecule has 2 aromatic rings. The fourth-order valence-electron chi connectivity index (χ4n) is 2.18. The van der Waals surface area contributed by atoms with Crippen LogP contribution in [-0.4, -0.2) is 15.3 Å². The Kier molecular flexibility index (Phi) is 2.74. The van der Waals surface area contributed by atoms with Gasteiger partial charge in [0.15, 0.2) is 5.78 Å². The molecule has 0 N–H and O–H groups in total. The van der Waals surface area contributed by atoms with E-state index in [4.69, 9.17) is 0 Å². The Morgan fingerprint density at radius 1 is 1.44 bits per heavy atom. The molecule has 1 aliphatic carbocycles. The largest absolute Gasteiger partial charge is 0.349 e. The van der Waals surface area contributed by atoms with Crippen molar-refractivity contribution < 1.29 is 4.79 Å². The molecular weight excluding hydrogens is 224 g/mol. The van der Waals surface area contributed by atoms with Crippen LogP contribution >= 0.6 is 0 Å². The summed E-state index contributed by atoms with van der Waals surface area (Å²) < 4.78 is 2.05. The summed E-state index contributed by atoms with van der Waals surface area (Å²) in [7, 11) is 0. The molecule has 0 radical (unpaired) electrons. The van der Waals surface area contributed by atoms with Gasteiger partial charge < -0.3 is 4.57 Å². The van der Waals surface area contributed by atoms with Crippen LogP contribution in [0.15, 0.2) is 36.9 Å². The number of carbonyl (C=O) groups excluding carboxylic acids is 1. The van der Waals surface area contributed by atoms with Crippen molar-refractivity contribution in [1.29, 1.82) is 0 Å². The van der Waals surface area contributed by atoms with Gasteiger partial charge >= 0.3 is 0 Å². The van der Waals surface area contributed by atoms with E-state index in [0.29, 0.717) is 11.7 Å². The molecule has 0 saturated heterocycles. The summed E-state index contributed by atoms with van der Waals surface area (Å²) in [6.45, 7) is 2.81. The molecule has 0 bridgehead atoms. The van der Waals surface area contributed by atoms with Gasteiger partial charge in [-0.05, 0) is 37.0 Å². The highest BCUT2D eigenvalue weighted by molar-refractivity contribution is 5.99. The maximum absolute atomic E-state index is 11.9. The van der Waals surface area contributed by atoms with Crippen molar-refractivity contribution in [2.24, 2.45) is 5.92 Å². The van der Waals surface area contributed by atoms with Gasteiger partial charge in [0.1, 0.15) is 0 Å². The number of hydrogen-bond acceptors (Lipinski definition) is 2. The van der Waals surface area contributed by atoms with Gasteiger partial charge in [0.05, 0.1) is 0 Å². The molecule has 2 aromatic heterocycles. The van der Waals surface area contributed by atoms with Crippen molar-refractivity contribution >= 4 is 5.78 Å². The molecule has 0 unspecified atom stereocenters. The highest BCUT2D eigenvalue weighted by Gasteiger charge is 2.30. The molecule has 1 saturated carbocycles. The van der Waals surface area contributed by atoms with E-state index >= 15 is 0 Å². The molecule has 2 heterocycles. The molecule has 1 aliphatic rings. The fraction of sp³-hybridized carbons (Fsp3) is 0.333. The van der Waals surface area contributed by atoms with Crippen LogP contribution in [0.1, 0.15) is 34.3 Å². The standard InChI is InChI=1S/C15H16N2O/c1-11-6-12(8-16-7-11)9-17-5-4-14(10-17)15(18)13-2-3-13/h4-8,10,13H,2-3,9H2,1H3. The summed E-state index contributed by atoms with van der Waals surface area (Å²) in [5, 5.41) is 0. The third kappa shape index (κ3) is 2.35. The van der Waals surface area contributed by atoms with E-state index < -0.39 is 0 Å². The number of pyridine rings is 1. The lowest BCUT2D eigenvalue weighted by Crippen LogP contribution is -2.01. The highest BCUT2D eigenvalue weighted by atomic mass is 16.1. The predicted molar refractivity (Wildman–Crippen MR) is 69.6 cm³/mol. The lowest BCUT2D eigenvalue weighted by molar-refractivity contribution is 0.0967. The van der Waals surface area contributed by atoms with Crippen LogP contribution in [-0.2, 0) is 6.54 Å². The molecule has 18 heavy (non-hydrogen) atoms. The quantitative estimate of drug-likeness (QED) is 0.770. The Morgan fingerprint density at radius 3 is 3.00 bits per heavy atom. The maximum Gasteiger partial charge on any atom is 0.167 e. The first-order valence-electron chi connectivity index (χ1n) is 6.33. The second-order valence-electron chi connectivity index (χ2n) is 5.08. The van der Waals surface area contributed by atoms with Crippen molar-refractivity contribution in [2.45, 2.75) is 26.3 Å². The van der Waals surface area contributed by atoms with Crippen LogP contribution in [0, 0.1) is 12.8 Å². The molecule has 0 aromatic carbocycles. The molecule has 0 aliphatic heterocycles. The van der Waals surface area contributed by atoms with Gasteiger partial charge in [0, 0.05) is 42.8 Å². The Hall–Kier alpha value is -1.90. The summed E-state index contributed by atoms with van der Waals surface area (Å²) >= 11 is 0. The van der Waals surface area contributed by atoms with E-state index in [9.17, 15) is 4.79 Å². The number of nitrogens with zero attached hydrogens (tertiary/aromatic N) is 2. The van der Waals surface area contributed by atoms with Gasteiger partial charge in [-0.2, -0.15) is 0 Å². The smallest absolute Gasteiger partial charge is 0.167 e. The van der Waals surface area contributed by atoms with Crippen molar-refractivity contribution in [3.05, 3.63) is 53.6 Å². The second-order valence-corrected chi connectivity index (χ2v) is 5.08. The first-order valence-corrected chi connectivity index (χ1v) is 6.33. The van der Waals surface area contributed by atoms with Gasteiger partial charge in [-0.15, -0.1) is 0 Å². The third-order valence-corrected chi connectivity index (χ3v) is 3.28. The zero-order chi connectivity index (χ0) is 12.5. The lowest BCUT2D eigenvalue weighted by Gasteiger charge is -2.03. The average molecular weight is 240 g/mol. The van der Waals surface area contributed by atoms with Crippen molar-refractivity contribution in [1.82, 2.24) is 9.55 Å². The van der Waals surface area contributed by atoms with E-state index in [0.717, 1.165) is 36.1 Å². The lowest BCUT2D eigenvalue weighted by atomic mass is 10.1. The number of aromatic nitrogens is 2. The normalized spacial score (nSPS) is 14.7. The highest BCUT2D eigenvalue weighted by Crippen LogP contribution is 2.32. The van der Waals surface area contributed by atoms with Crippen molar-refractivity contribution in [3.63, 3.8) is 0 Å². The van der Waals surface area contributed by atoms with Crippen LogP contribution in [0.25, 0.3) is 0 Å². The Morgan fingerprint density at radius 2 is 2.28 bits per heavy atom. The van der Waals surface area contributed by atoms with Gasteiger partial charge in [0.2, 0.25) is 0 Å². The summed E-state index contributed by atoms with van der Waals surface area (Å²) in [6.07, 6.45) is 9.76. The van der Waals surface area contributed by atoms with Crippen molar-refractivity contribution in [2.75, 3.05) is 0 Å². The number of aryl methyl sites for hydroxylation is 1. The van der Waals surface area contributed by atoms with E-state index in [-0.39, 0.29) is 0 Å². The molecule has 0 amide bonds. The number of Topliss-reactive ketones (excluding diaryl/α,β-unsaturated/α-hetero) is 1. The molecule has 3 rings (SSSR count). The number of carbonyl (C=O) groups is 1. The van der Waals surface area contributed by atoms with Gasteiger partial charge in [-0.3, -0.25) is 9.78 Å². The number of hydrogen-bond donors (Lipinski definition) is 0.